The summed E-state index contributed by atoms with van der Waals surface area (Å²) < 4.78 is 0. The molecule has 0 atom stereocenters. The van der Waals surface area contributed by atoms with Gasteiger partial charge in [-0.05, 0) is 60.4 Å². The molecule has 200 valence electrons. The molecule has 0 saturated carbocycles. The topological polar surface area (TPSA) is 135 Å². The number of hydrogen-bond donors (Lipinski definition) is 3. The fourth-order valence-electron chi connectivity index (χ4n) is 4.80. The van der Waals surface area contributed by atoms with Crippen LogP contribution < -0.4 is 20.9 Å². The Labute approximate surface area is 235 Å². The van der Waals surface area contributed by atoms with Gasteiger partial charge in [-0.15, -0.1) is 0 Å². The van der Waals surface area contributed by atoms with E-state index in [0.29, 0.717) is 60.8 Å². The van der Waals surface area contributed by atoms with Gasteiger partial charge >= 0.3 is 6.03 Å². The van der Waals surface area contributed by atoms with Gasteiger partial charge in [-0.3, -0.25) is 4.98 Å². The van der Waals surface area contributed by atoms with Crippen LogP contribution in [0, 0.1) is 11.3 Å². The zero-order chi connectivity index (χ0) is 27.5. The number of nitrogens with one attached hydrogen (secondary N) is 3. The Morgan fingerprint density at radius 1 is 1.00 bits per heavy atom. The van der Waals surface area contributed by atoms with Gasteiger partial charge in [0.25, 0.3) is 0 Å². The molecule has 0 aliphatic carbocycles. The third-order valence-electron chi connectivity index (χ3n) is 6.86. The molecular weight excluding hydrogens is 528 g/mol. The van der Waals surface area contributed by atoms with E-state index >= 15 is 0 Å². The predicted molar refractivity (Wildman–Crippen MR) is 153 cm³/mol. The number of nitrogens with zero attached hydrogens (tertiary/aromatic N) is 7. The number of hydrogen-bond acceptors (Lipinski definition) is 9. The lowest BCUT2D eigenvalue weighted by molar-refractivity contribution is 0.208. The van der Waals surface area contributed by atoms with E-state index in [9.17, 15) is 10.1 Å². The van der Waals surface area contributed by atoms with Gasteiger partial charge in [0, 0.05) is 49.9 Å². The van der Waals surface area contributed by atoms with Crippen molar-refractivity contribution in [3.63, 3.8) is 0 Å². The van der Waals surface area contributed by atoms with Gasteiger partial charge in [-0.25, -0.2) is 14.8 Å². The highest BCUT2D eigenvalue weighted by Crippen LogP contribution is 2.29. The summed E-state index contributed by atoms with van der Waals surface area (Å²) in [6.45, 7) is 2.21. The molecule has 1 aromatic carbocycles. The number of pyridine rings is 2. The summed E-state index contributed by atoms with van der Waals surface area (Å²) in [4.78, 5) is 34.6. The molecule has 11 nitrogen and oxygen atoms in total. The molecule has 3 aromatic heterocycles. The number of benzene rings is 1. The number of rotatable bonds is 2. The van der Waals surface area contributed by atoms with Crippen molar-refractivity contribution in [1.82, 2.24) is 24.8 Å². The standard InChI is InChI=1S/C28H25ClN10O/c29-23-17-33-27-35-22-12-18(15-31-16-22)3-4-19-13-21(34-25(23)37-27)5-6-24(19)36-28(40)39-10-8-38(9-11-39)26-20(14-30)2-1-7-32-26/h1-2,5-7,12-13,15-17H,3-4,8-11H2,(H,36,40)(H2,33,34,35,37). The molecule has 2 amide bonds. The number of carbonyl (C=O) groups is 1. The highest BCUT2D eigenvalue weighted by atomic mass is 35.5. The summed E-state index contributed by atoms with van der Waals surface area (Å²) in [5, 5.41) is 19.4. The largest absolute Gasteiger partial charge is 0.352 e. The first kappa shape index (κ1) is 25.3. The maximum absolute atomic E-state index is 13.3. The van der Waals surface area contributed by atoms with Crippen LogP contribution in [0.2, 0.25) is 5.02 Å². The number of urea groups is 1. The average molecular weight is 553 g/mol. The van der Waals surface area contributed by atoms with Crippen LogP contribution in [0.5, 0.6) is 0 Å². The van der Waals surface area contributed by atoms with E-state index in [0.717, 1.165) is 34.6 Å². The van der Waals surface area contributed by atoms with Gasteiger partial charge in [-0.2, -0.15) is 10.2 Å². The molecule has 1 fully saturated rings. The molecule has 40 heavy (non-hydrogen) atoms. The molecular formula is C28H25ClN10O. The Balaban J connectivity index is 1.21. The highest BCUT2D eigenvalue weighted by molar-refractivity contribution is 6.32. The van der Waals surface area contributed by atoms with Gasteiger partial charge < -0.3 is 25.8 Å². The fourth-order valence-corrected chi connectivity index (χ4v) is 4.94. The number of halogens is 1. The molecule has 1 saturated heterocycles. The number of fused-ring (bicyclic) bond motifs is 6. The number of amides is 2. The first-order chi connectivity index (χ1) is 19.6. The lowest BCUT2D eigenvalue weighted by Crippen LogP contribution is -2.50. The van der Waals surface area contributed by atoms with Crippen molar-refractivity contribution in [1.29, 1.82) is 5.26 Å². The Kier molecular flexibility index (Phi) is 6.99. The Bertz CT molecular complexity index is 1610. The molecule has 4 aromatic rings. The van der Waals surface area contributed by atoms with Crippen LogP contribution in [-0.4, -0.2) is 57.0 Å². The van der Waals surface area contributed by atoms with Crippen LogP contribution in [-0.2, 0) is 12.8 Å². The van der Waals surface area contributed by atoms with Gasteiger partial charge in [0.2, 0.25) is 5.95 Å². The van der Waals surface area contributed by atoms with Crippen LogP contribution >= 0.6 is 11.6 Å². The summed E-state index contributed by atoms with van der Waals surface area (Å²) in [7, 11) is 0. The zero-order valence-corrected chi connectivity index (χ0v) is 22.2. The van der Waals surface area contributed by atoms with Crippen LogP contribution in [0.25, 0.3) is 0 Å². The van der Waals surface area contributed by atoms with E-state index < -0.39 is 0 Å². The second-order valence-electron chi connectivity index (χ2n) is 9.48. The van der Waals surface area contributed by atoms with Crippen LogP contribution in [0.4, 0.5) is 39.4 Å². The third-order valence-corrected chi connectivity index (χ3v) is 7.14. The second-order valence-corrected chi connectivity index (χ2v) is 9.89. The van der Waals surface area contributed by atoms with Gasteiger partial charge in [0.15, 0.2) is 5.82 Å². The highest BCUT2D eigenvalue weighted by Gasteiger charge is 2.24. The Morgan fingerprint density at radius 2 is 1.88 bits per heavy atom. The normalized spacial score (nSPS) is 14.4. The Hall–Kier alpha value is -4.95. The quantitative estimate of drug-likeness (QED) is 0.322. The Morgan fingerprint density at radius 3 is 2.73 bits per heavy atom. The molecule has 3 N–H and O–H groups in total. The van der Waals surface area contributed by atoms with E-state index in [2.05, 4.69) is 42.0 Å². The van der Waals surface area contributed by atoms with Crippen LogP contribution in [0.15, 0.2) is 61.2 Å². The van der Waals surface area contributed by atoms with E-state index in [4.69, 9.17) is 11.6 Å². The molecule has 5 heterocycles. The summed E-state index contributed by atoms with van der Waals surface area (Å²) in [6, 6.07) is 13.3. The predicted octanol–water partition coefficient (Wildman–Crippen LogP) is 4.73. The minimum Gasteiger partial charge on any atom is -0.352 e. The minimum atomic E-state index is -0.169. The van der Waals surface area contributed by atoms with Crippen molar-refractivity contribution in [2.75, 3.05) is 47.0 Å². The summed E-state index contributed by atoms with van der Waals surface area (Å²) in [5.41, 5.74) is 4.84. The summed E-state index contributed by atoms with van der Waals surface area (Å²) >= 11 is 6.37. The number of aryl methyl sites for hydroxylation is 2. The number of nitriles is 1. The zero-order valence-electron chi connectivity index (χ0n) is 21.4. The molecule has 0 radical (unpaired) electrons. The monoisotopic (exact) mass is 552 g/mol. The van der Waals surface area contributed by atoms with E-state index in [-0.39, 0.29) is 6.03 Å². The molecule has 2 aliphatic heterocycles. The fraction of sp³-hybridized carbons (Fsp3) is 0.214. The van der Waals surface area contributed by atoms with Crippen molar-refractivity contribution in [3.8, 4) is 6.07 Å². The molecule has 2 aliphatic rings. The molecule has 0 spiro atoms. The summed E-state index contributed by atoms with van der Waals surface area (Å²) in [5.74, 6) is 1.53. The number of carbonyl (C=O) groups excluding carboxylic acids is 1. The lowest BCUT2D eigenvalue weighted by Gasteiger charge is -2.35. The lowest BCUT2D eigenvalue weighted by atomic mass is 10.0. The maximum Gasteiger partial charge on any atom is 0.321 e. The molecule has 6 bridgehead atoms. The number of aromatic nitrogens is 4. The number of piperazine rings is 1. The van der Waals surface area contributed by atoms with Crippen molar-refractivity contribution >= 4 is 52.3 Å². The van der Waals surface area contributed by atoms with Crippen LogP contribution in [0.1, 0.15) is 16.7 Å². The average Bonchev–Trinajstić information content (AvgIpc) is 2.99. The maximum atomic E-state index is 13.3. The SMILES string of the molecule is N#Cc1cccnc1N1CCN(C(=O)Nc2ccc3cc2CCc2cncc(c2)Nc2ncc(Cl)c(n2)N3)CC1. The van der Waals surface area contributed by atoms with E-state index in [1.807, 2.05) is 35.4 Å². The van der Waals surface area contributed by atoms with Crippen molar-refractivity contribution in [3.05, 3.63) is 82.9 Å². The first-order valence-corrected chi connectivity index (χ1v) is 13.2. The molecule has 0 unspecified atom stereocenters. The van der Waals surface area contributed by atoms with Crippen molar-refractivity contribution < 1.29 is 4.79 Å². The van der Waals surface area contributed by atoms with Gasteiger partial charge in [-0.1, -0.05) is 11.6 Å². The van der Waals surface area contributed by atoms with E-state index in [1.54, 1.807) is 35.6 Å². The second kappa shape index (κ2) is 11.0. The van der Waals surface area contributed by atoms with Gasteiger partial charge in [0.05, 0.1) is 23.6 Å². The van der Waals surface area contributed by atoms with Crippen LogP contribution in [0.3, 0.4) is 0 Å². The minimum absolute atomic E-state index is 0.169. The van der Waals surface area contributed by atoms with Crippen molar-refractivity contribution in [2.45, 2.75) is 12.8 Å². The molecule has 12 heteroatoms. The third kappa shape index (κ3) is 5.43. The first-order valence-electron chi connectivity index (χ1n) is 12.8. The molecule has 6 rings (SSSR count). The summed E-state index contributed by atoms with van der Waals surface area (Å²) in [6.07, 6.45) is 8.17. The smallest absolute Gasteiger partial charge is 0.321 e. The number of anilines is 6. The van der Waals surface area contributed by atoms with E-state index in [1.165, 1.54) is 0 Å². The van der Waals surface area contributed by atoms with Gasteiger partial charge in [0.1, 0.15) is 16.9 Å². The van der Waals surface area contributed by atoms with Crippen molar-refractivity contribution in [2.24, 2.45) is 0 Å².